The molecule has 0 aliphatic rings. The van der Waals surface area contributed by atoms with Crippen LogP contribution in [0.5, 0.6) is 0 Å². The normalized spacial score (nSPS) is 14.9. The number of hydrogen-bond acceptors (Lipinski definition) is 6. The van der Waals surface area contributed by atoms with Gasteiger partial charge in [0, 0.05) is 26.4 Å². The second kappa shape index (κ2) is 8.84. The minimum Gasteiger partial charge on any atom is -0.374 e. The van der Waals surface area contributed by atoms with E-state index in [1.165, 1.54) is 4.68 Å². The molecule has 3 unspecified atom stereocenters. The van der Waals surface area contributed by atoms with Crippen molar-refractivity contribution >= 4 is 5.78 Å². The summed E-state index contributed by atoms with van der Waals surface area (Å²) in [7, 11) is 3.16. The van der Waals surface area contributed by atoms with Gasteiger partial charge < -0.3 is 14.2 Å². The van der Waals surface area contributed by atoms with Crippen LogP contribution in [-0.4, -0.2) is 41.4 Å². The van der Waals surface area contributed by atoms with Crippen LogP contribution in [0.4, 0.5) is 0 Å². The fraction of sp³-hybridized carbons (Fsp3) is 0.500. The maximum Gasteiger partial charge on any atom is 0.215 e. The second-order valence-corrected chi connectivity index (χ2v) is 5.57. The Morgan fingerprint density at radius 1 is 1.12 bits per heavy atom. The van der Waals surface area contributed by atoms with Gasteiger partial charge in [-0.1, -0.05) is 30.3 Å². The second-order valence-electron chi connectivity index (χ2n) is 5.57. The highest BCUT2D eigenvalue weighted by molar-refractivity contribution is 5.98. The Balaban J connectivity index is 2.49. The number of nitrogens with zero attached hydrogens (tertiary/aromatic N) is 3. The van der Waals surface area contributed by atoms with E-state index < -0.39 is 6.23 Å². The number of Topliss-reactive ketones (excluding diaryl/α,β-unsaturated/α-hetero) is 1. The van der Waals surface area contributed by atoms with Crippen molar-refractivity contribution in [2.45, 2.75) is 39.2 Å². The highest BCUT2D eigenvalue weighted by Crippen LogP contribution is 2.24. The summed E-state index contributed by atoms with van der Waals surface area (Å²) in [6.45, 7) is 5.88. The zero-order valence-electron chi connectivity index (χ0n) is 15.3. The van der Waals surface area contributed by atoms with E-state index in [2.05, 4.69) is 10.1 Å². The highest BCUT2D eigenvalue weighted by atomic mass is 16.5. The maximum atomic E-state index is 13.0. The third-order valence-corrected chi connectivity index (χ3v) is 3.94. The van der Waals surface area contributed by atoms with Gasteiger partial charge in [0.25, 0.3) is 0 Å². The Bertz CT molecular complexity index is 687. The minimum absolute atomic E-state index is 0.187. The van der Waals surface area contributed by atoms with Crippen molar-refractivity contribution in [1.82, 2.24) is 14.8 Å². The Hall–Kier alpha value is -2.09. The summed E-state index contributed by atoms with van der Waals surface area (Å²) in [5.41, 5.74) is 0.550. The summed E-state index contributed by atoms with van der Waals surface area (Å²) in [4.78, 5) is 17.5. The van der Waals surface area contributed by atoms with Crippen LogP contribution in [0.15, 0.2) is 30.3 Å². The van der Waals surface area contributed by atoms with Crippen LogP contribution in [0.1, 0.15) is 61.2 Å². The first-order valence-electron chi connectivity index (χ1n) is 8.26. The SMILES string of the molecule is CCOC(C(=O)c1ccccc1)n1nc(C(C)OC)nc1C(C)OC. The minimum atomic E-state index is -0.912. The van der Waals surface area contributed by atoms with Crippen molar-refractivity contribution < 1.29 is 19.0 Å². The van der Waals surface area contributed by atoms with Gasteiger partial charge in [-0.25, -0.2) is 9.67 Å². The monoisotopic (exact) mass is 347 g/mol. The summed E-state index contributed by atoms with van der Waals surface area (Å²) < 4.78 is 17.9. The highest BCUT2D eigenvalue weighted by Gasteiger charge is 2.30. The van der Waals surface area contributed by atoms with Gasteiger partial charge in [0.05, 0.1) is 0 Å². The number of carbonyl (C=O) groups excluding carboxylic acids is 1. The summed E-state index contributed by atoms with van der Waals surface area (Å²) in [6.07, 6.45) is -1.57. The molecule has 0 saturated carbocycles. The molecule has 0 aliphatic heterocycles. The van der Waals surface area contributed by atoms with Crippen molar-refractivity contribution in [3.05, 3.63) is 47.5 Å². The summed E-state index contributed by atoms with van der Waals surface area (Å²) >= 11 is 0. The number of rotatable bonds is 9. The Morgan fingerprint density at radius 3 is 2.32 bits per heavy atom. The number of hydrogen-bond donors (Lipinski definition) is 0. The van der Waals surface area contributed by atoms with Crippen molar-refractivity contribution in [3.63, 3.8) is 0 Å². The van der Waals surface area contributed by atoms with E-state index in [0.29, 0.717) is 23.8 Å². The van der Waals surface area contributed by atoms with Crippen LogP contribution < -0.4 is 0 Å². The number of aromatic nitrogens is 3. The van der Waals surface area contributed by atoms with E-state index in [1.54, 1.807) is 26.4 Å². The molecular weight excluding hydrogens is 322 g/mol. The summed E-state index contributed by atoms with van der Waals surface area (Å²) in [6, 6.07) is 8.99. The molecule has 0 aliphatic carbocycles. The van der Waals surface area contributed by atoms with Crippen molar-refractivity contribution in [1.29, 1.82) is 0 Å². The average molecular weight is 347 g/mol. The molecule has 136 valence electrons. The lowest BCUT2D eigenvalue weighted by Gasteiger charge is -2.19. The molecule has 25 heavy (non-hydrogen) atoms. The lowest BCUT2D eigenvalue weighted by molar-refractivity contribution is 0.00129. The first-order chi connectivity index (χ1) is 12.0. The van der Waals surface area contributed by atoms with Crippen LogP contribution in [0, 0.1) is 0 Å². The maximum absolute atomic E-state index is 13.0. The van der Waals surface area contributed by atoms with Gasteiger partial charge in [0.15, 0.2) is 11.6 Å². The third kappa shape index (κ3) is 4.31. The lowest BCUT2D eigenvalue weighted by atomic mass is 10.1. The van der Waals surface area contributed by atoms with E-state index in [0.717, 1.165) is 0 Å². The van der Waals surface area contributed by atoms with Gasteiger partial charge in [-0.3, -0.25) is 4.79 Å². The molecule has 3 atom stereocenters. The van der Waals surface area contributed by atoms with Gasteiger partial charge in [-0.05, 0) is 20.8 Å². The molecule has 1 aromatic heterocycles. The number of ketones is 1. The number of benzene rings is 1. The van der Waals surface area contributed by atoms with Crippen LogP contribution in [-0.2, 0) is 14.2 Å². The molecule has 1 heterocycles. The van der Waals surface area contributed by atoms with Gasteiger partial charge in [-0.15, -0.1) is 0 Å². The topological polar surface area (TPSA) is 75.5 Å². The number of methoxy groups -OCH3 is 2. The Kier molecular flexibility index (Phi) is 6.81. The molecule has 0 N–H and O–H groups in total. The van der Waals surface area contributed by atoms with Crippen molar-refractivity contribution in [2.75, 3.05) is 20.8 Å². The van der Waals surface area contributed by atoms with Gasteiger partial charge in [0.2, 0.25) is 12.0 Å². The molecular formula is C18H25N3O4. The first-order valence-corrected chi connectivity index (χ1v) is 8.26. The van der Waals surface area contributed by atoms with Gasteiger partial charge in [0.1, 0.15) is 12.2 Å². The van der Waals surface area contributed by atoms with Gasteiger partial charge in [-0.2, -0.15) is 5.10 Å². The van der Waals surface area contributed by atoms with Gasteiger partial charge >= 0.3 is 0 Å². The molecule has 2 aromatic rings. The molecule has 0 amide bonds. The molecule has 7 heteroatoms. The van der Waals surface area contributed by atoms with Crippen LogP contribution >= 0.6 is 0 Å². The molecule has 0 fully saturated rings. The predicted octanol–water partition coefficient (Wildman–Crippen LogP) is 3.11. The van der Waals surface area contributed by atoms with Crippen molar-refractivity contribution in [3.8, 4) is 0 Å². The summed E-state index contributed by atoms with van der Waals surface area (Å²) in [5, 5.41) is 4.47. The molecule has 0 spiro atoms. The molecule has 0 bridgehead atoms. The fourth-order valence-corrected chi connectivity index (χ4v) is 2.35. The van der Waals surface area contributed by atoms with E-state index in [4.69, 9.17) is 14.2 Å². The molecule has 2 rings (SSSR count). The van der Waals surface area contributed by atoms with E-state index >= 15 is 0 Å². The Labute approximate surface area is 147 Å². The molecule has 0 radical (unpaired) electrons. The number of ether oxygens (including phenoxy) is 3. The largest absolute Gasteiger partial charge is 0.374 e. The fourth-order valence-electron chi connectivity index (χ4n) is 2.35. The lowest BCUT2D eigenvalue weighted by Crippen LogP contribution is -2.26. The molecule has 7 nitrogen and oxygen atoms in total. The first kappa shape index (κ1) is 19.2. The quantitative estimate of drug-likeness (QED) is 0.649. The zero-order valence-corrected chi connectivity index (χ0v) is 15.3. The Morgan fingerprint density at radius 2 is 1.76 bits per heavy atom. The van der Waals surface area contributed by atoms with E-state index in [-0.39, 0.29) is 18.0 Å². The smallest absolute Gasteiger partial charge is 0.215 e. The number of carbonyl (C=O) groups is 1. The van der Waals surface area contributed by atoms with Crippen molar-refractivity contribution in [2.24, 2.45) is 0 Å². The predicted molar refractivity (Wildman–Crippen MR) is 92.3 cm³/mol. The zero-order chi connectivity index (χ0) is 18.4. The van der Waals surface area contributed by atoms with Crippen LogP contribution in [0.3, 0.4) is 0 Å². The third-order valence-electron chi connectivity index (χ3n) is 3.94. The molecule has 1 aromatic carbocycles. The van der Waals surface area contributed by atoms with E-state index in [1.807, 2.05) is 39.0 Å². The van der Waals surface area contributed by atoms with Crippen LogP contribution in [0.2, 0.25) is 0 Å². The average Bonchev–Trinajstić information content (AvgIpc) is 3.10. The standard InChI is InChI=1S/C18H25N3O4/c1-6-25-18(15(22)14-10-8-7-9-11-14)21-17(13(3)24-5)19-16(20-21)12(2)23-4/h7-13,18H,6H2,1-5H3. The molecule has 0 saturated heterocycles. The summed E-state index contributed by atoms with van der Waals surface area (Å²) in [5.74, 6) is 0.810. The van der Waals surface area contributed by atoms with Crippen LogP contribution in [0.25, 0.3) is 0 Å². The van der Waals surface area contributed by atoms with E-state index in [9.17, 15) is 4.79 Å².